The molecule has 0 aliphatic carbocycles. The molecular weight excluding hydrogens is 1920 g/mol. The van der Waals surface area contributed by atoms with E-state index in [1.807, 2.05) is 326 Å². The van der Waals surface area contributed by atoms with Crippen LogP contribution in [0.15, 0.2) is 396 Å². The van der Waals surface area contributed by atoms with Gasteiger partial charge in [0.25, 0.3) is 0 Å². The molecule has 0 aliphatic heterocycles. The second kappa shape index (κ2) is 62.4. The van der Waals surface area contributed by atoms with Gasteiger partial charge in [-0.25, -0.2) is 0 Å². The van der Waals surface area contributed by atoms with Crippen LogP contribution in [0.5, 0.6) is 51.7 Å². The predicted octanol–water partition coefficient (Wildman–Crippen LogP) is 26.7. The van der Waals surface area contributed by atoms with Gasteiger partial charge in [-0.1, -0.05) is 121 Å². The summed E-state index contributed by atoms with van der Waals surface area (Å²) >= 11 is 0. The van der Waals surface area contributed by atoms with Gasteiger partial charge in [-0.15, -0.1) is 9.68 Å². The number of ether oxygens (including phenoxy) is 25. The molecule has 29 nitrogen and oxygen atoms in total. The number of hydrogen-bond acceptors (Lipinski definition) is 28. The van der Waals surface area contributed by atoms with E-state index in [0.29, 0.717) is 119 Å². The average molecular weight is 2040 g/mol. The summed E-state index contributed by atoms with van der Waals surface area (Å²) in [4.78, 5) is 21.9. The molecule has 13 aromatic carbocycles. The van der Waals surface area contributed by atoms with Crippen molar-refractivity contribution in [3.8, 4) is 51.7 Å². The van der Waals surface area contributed by atoms with Crippen molar-refractivity contribution >= 4 is 51.8 Å². The lowest BCUT2D eigenvalue weighted by Crippen LogP contribution is -2.37. The molecule has 0 bridgehead atoms. The van der Waals surface area contributed by atoms with Gasteiger partial charge in [0.2, 0.25) is 12.5 Å². The Morgan fingerprint density at radius 2 is 0.360 bits per heavy atom. The highest BCUT2D eigenvalue weighted by molar-refractivity contribution is 5.67. The SMILES string of the molecule is CCOC(=COC(OC=C(OCC)c1ccc(OC)cc1)OC=C(OCC)c1ccc(OC)cc1)c1ccc(OC)cc1.CCOC(=CO[N+](=O)OC=C(OCC)c1ccc(OC)cc1)c1ccc(OC)cc1.COc1ccc(C(=COC(OC=C(OCc2ccccc2)c2ccc(OC)cc2)(OC=C(OCc2ccccc2)c2ccc(OC)cc2)OC=C(OCc2ccccc2)c2ccc(OC)cc2)OCc2ccccc2)cc1. The normalized spacial score (nSPS) is 12.3. The molecule has 0 amide bonds. The van der Waals surface area contributed by atoms with Gasteiger partial charge in [0.05, 0.1) is 97.0 Å². The van der Waals surface area contributed by atoms with Crippen LogP contribution >= 0.6 is 0 Å². The quantitative estimate of drug-likeness (QED) is 0.0195. The maximum absolute atomic E-state index is 12.0. The molecule has 0 spiro atoms. The highest BCUT2D eigenvalue weighted by Crippen LogP contribution is 2.36. The van der Waals surface area contributed by atoms with Gasteiger partial charge in [0, 0.05) is 50.1 Å². The van der Waals surface area contributed by atoms with E-state index in [2.05, 4.69) is 0 Å². The third kappa shape index (κ3) is 36.8. The fourth-order valence-corrected chi connectivity index (χ4v) is 13.5. The molecule has 782 valence electrons. The summed E-state index contributed by atoms with van der Waals surface area (Å²) in [6.07, 6.45) is 9.56. The van der Waals surface area contributed by atoms with Gasteiger partial charge in [0.15, 0.2) is 51.8 Å². The maximum Gasteiger partial charge on any atom is 0.609 e. The Labute approximate surface area is 875 Å². The van der Waals surface area contributed by atoms with Crippen LogP contribution in [0.25, 0.3) is 51.8 Å². The smallest absolute Gasteiger partial charge is 0.497 e. The van der Waals surface area contributed by atoms with E-state index in [4.69, 9.17) is 128 Å². The lowest BCUT2D eigenvalue weighted by Gasteiger charge is -2.29. The summed E-state index contributed by atoms with van der Waals surface area (Å²) in [6, 6.07) is 105. The van der Waals surface area contributed by atoms with Crippen molar-refractivity contribution in [2.75, 3.05) is 97.0 Å². The number of rotatable bonds is 58. The van der Waals surface area contributed by atoms with Crippen molar-refractivity contribution in [1.29, 1.82) is 0 Å². The van der Waals surface area contributed by atoms with Crippen molar-refractivity contribution in [2.45, 2.75) is 73.7 Å². The molecule has 0 aliphatic rings. The van der Waals surface area contributed by atoms with Crippen molar-refractivity contribution in [3.05, 3.63) is 473 Å². The first kappa shape index (κ1) is 112. The highest BCUT2D eigenvalue weighted by Gasteiger charge is 2.41. The van der Waals surface area contributed by atoms with Crippen LogP contribution in [0.1, 0.15) is 107 Å². The zero-order valence-corrected chi connectivity index (χ0v) is 86.3. The van der Waals surface area contributed by atoms with Crippen molar-refractivity contribution in [3.63, 3.8) is 0 Å². The molecule has 0 unspecified atom stereocenters. The molecule has 0 saturated carbocycles. The number of benzene rings is 13. The van der Waals surface area contributed by atoms with Crippen LogP contribution in [0.2, 0.25) is 0 Å². The number of nitrogens with zero attached hydrogens (tertiary/aromatic N) is 1. The van der Waals surface area contributed by atoms with Gasteiger partial charge >= 0.3 is 17.7 Å². The largest absolute Gasteiger partial charge is 0.609 e. The molecule has 0 N–H and O–H groups in total. The van der Waals surface area contributed by atoms with Crippen LogP contribution < -0.4 is 42.6 Å². The first-order valence-electron chi connectivity index (χ1n) is 48.0. The maximum atomic E-state index is 12.0. The lowest BCUT2D eigenvalue weighted by atomic mass is 10.2. The first-order chi connectivity index (χ1) is 73.6. The van der Waals surface area contributed by atoms with E-state index < -0.39 is 12.6 Å². The molecule has 0 atom stereocenters. The molecule has 0 aromatic heterocycles. The van der Waals surface area contributed by atoms with Crippen LogP contribution in [-0.2, 0) is 112 Å². The van der Waals surface area contributed by atoms with Gasteiger partial charge < -0.3 is 118 Å². The summed E-state index contributed by atoms with van der Waals surface area (Å²) in [5.41, 5.74) is 9.99. The predicted molar refractivity (Wildman–Crippen MR) is 572 cm³/mol. The monoisotopic (exact) mass is 2040 g/mol. The molecular formula is C121H126NO28+. The molecule has 13 aromatic rings. The van der Waals surface area contributed by atoms with Crippen LogP contribution in [-0.4, -0.2) is 115 Å². The first-order valence-corrected chi connectivity index (χ1v) is 48.0. The van der Waals surface area contributed by atoms with E-state index in [0.717, 1.165) is 67.3 Å². The minimum atomic E-state index is -2.58. The fourth-order valence-electron chi connectivity index (χ4n) is 13.5. The zero-order valence-electron chi connectivity index (χ0n) is 86.3. The van der Waals surface area contributed by atoms with Crippen LogP contribution in [0, 0.1) is 4.91 Å². The molecule has 29 heteroatoms. The molecule has 0 fully saturated rings. The van der Waals surface area contributed by atoms with Gasteiger partial charge in [0.1, 0.15) is 127 Å². The molecule has 0 saturated heterocycles. The van der Waals surface area contributed by atoms with E-state index >= 15 is 0 Å². The van der Waals surface area contributed by atoms with Crippen molar-refractivity contribution < 1.29 is 133 Å². The topological polar surface area (TPSA) is 269 Å². The van der Waals surface area contributed by atoms with E-state index in [9.17, 15) is 4.91 Å². The molecule has 13 rings (SSSR count). The summed E-state index contributed by atoms with van der Waals surface area (Å²) in [7, 11) is 14.4. The minimum Gasteiger partial charge on any atom is -0.497 e. The Morgan fingerprint density at radius 3 is 0.513 bits per heavy atom. The van der Waals surface area contributed by atoms with Crippen LogP contribution in [0.4, 0.5) is 0 Å². The Kier molecular flexibility index (Phi) is 46.6. The zero-order chi connectivity index (χ0) is 106. The Bertz CT molecular complexity index is 5760. The number of methoxy groups -OCH3 is 9. The molecule has 150 heavy (non-hydrogen) atoms. The summed E-state index contributed by atoms with van der Waals surface area (Å²) < 4.78 is 148. The van der Waals surface area contributed by atoms with Gasteiger partial charge in [-0.3, -0.25) is 0 Å². The van der Waals surface area contributed by atoms with Crippen molar-refractivity contribution in [2.24, 2.45) is 0 Å². The Hall–Kier alpha value is -18.3. The molecule has 0 heterocycles. The third-order valence-corrected chi connectivity index (χ3v) is 21.4. The van der Waals surface area contributed by atoms with Gasteiger partial charge in [-0.2, -0.15) is 0 Å². The second-order valence-electron chi connectivity index (χ2n) is 31.3. The van der Waals surface area contributed by atoms with E-state index in [1.165, 1.54) is 56.4 Å². The second-order valence-corrected chi connectivity index (χ2v) is 31.3. The Morgan fingerprint density at radius 1 is 0.207 bits per heavy atom. The van der Waals surface area contributed by atoms with Gasteiger partial charge in [-0.05, 0) is 275 Å². The Balaban J connectivity index is 0.000000244. The van der Waals surface area contributed by atoms with E-state index in [1.54, 1.807) is 113 Å². The van der Waals surface area contributed by atoms with Crippen LogP contribution in [0.3, 0.4) is 0 Å². The lowest BCUT2D eigenvalue weighted by molar-refractivity contribution is -0.957. The minimum absolute atomic E-state index is 0.0505. The summed E-state index contributed by atoms with van der Waals surface area (Å²) in [5.74, 6) is 9.50. The fraction of sp³-hybridized carbons (Fsp3) is 0.207. The van der Waals surface area contributed by atoms with E-state index in [-0.39, 0.29) is 54.6 Å². The average Bonchev–Trinajstić information content (AvgIpc) is 0.813. The standard InChI is InChI=1S/C65H60O12.C34H40O9.C22H26NO7/c1-66-57-33-25-53(26-34-57)61(70-41-49-17-9-5-10-18-49)45-74-65(75-46-62(54-27-35-58(67-2)36-28-54)71-42-50-19-11-6-12-20-50,76-47-63(55-29-37-59(68-3)38-30-55)72-43-51-21-13-7-14-22-51)77-48-64(56-31-39-60(69-4)40-32-56)73-44-52-23-15-8-16-24-52;1-7-38-31(25-10-16-28(35-4)17-11-25)22-41-34(42-23-32(39-8-2)26-12-18-29(36-5)19-13-26)43-24-33(40-9-3)27-14-20-30(37-6)21-15-27;1-5-27-21(17-7-11-19(25-3)12-8-17)15-29-23(24)30-16-22(28-6-2)18-9-13-20(26-4)14-10-18/h5-40,45-48H,41-44H2,1-4H3;10-24,34H,7-9H2,1-6H3;7-16H,5-6H2,1-4H3/q;;+1. The number of hydrogen-bond donors (Lipinski definition) is 0. The molecule has 0 radical (unpaired) electrons. The summed E-state index contributed by atoms with van der Waals surface area (Å²) in [5, 5.41) is -0.0505. The highest BCUT2D eigenvalue weighted by atomic mass is 17.0. The summed E-state index contributed by atoms with van der Waals surface area (Å²) in [6.45, 7) is 10.8. The van der Waals surface area contributed by atoms with Crippen molar-refractivity contribution in [1.82, 2.24) is 0 Å². The third-order valence-electron chi connectivity index (χ3n) is 21.4.